The summed E-state index contributed by atoms with van der Waals surface area (Å²) in [4.78, 5) is 25.0. The molecule has 0 fully saturated rings. The monoisotopic (exact) mass is 461 g/mol. The second-order valence-electron chi connectivity index (χ2n) is 7.02. The van der Waals surface area contributed by atoms with Crippen molar-refractivity contribution in [1.29, 1.82) is 0 Å². The number of furan rings is 1. The summed E-state index contributed by atoms with van der Waals surface area (Å²) in [5.74, 6) is 0.430. The van der Waals surface area contributed by atoms with Gasteiger partial charge >= 0.3 is 0 Å². The summed E-state index contributed by atoms with van der Waals surface area (Å²) in [6, 6.07) is 7.02. The minimum absolute atomic E-state index is 0.134. The third-order valence-electron chi connectivity index (χ3n) is 4.74. The summed E-state index contributed by atoms with van der Waals surface area (Å²) in [6.07, 6.45) is 2.27. The highest BCUT2D eigenvalue weighted by Crippen LogP contribution is 2.30. The Morgan fingerprint density at radius 2 is 2.03 bits per heavy atom. The fourth-order valence-corrected chi connectivity index (χ4v) is 3.87. The van der Waals surface area contributed by atoms with Crippen LogP contribution in [0.3, 0.4) is 0 Å². The van der Waals surface area contributed by atoms with Crippen LogP contribution in [0.4, 0.5) is 0 Å². The van der Waals surface area contributed by atoms with E-state index in [0.717, 1.165) is 35.4 Å². The summed E-state index contributed by atoms with van der Waals surface area (Å²) in [5.41, 5.74) is 5.39. The number of amides is 2. The van der Waals surface area contributed by atoms with Crippen molar-refractivity contribution >= 4 is 33.5 Å². The Morgan fingerprint density at radius 3 is 2.76 bits per heavy atom. The van der Waals surface area contributed by atoms with Crippen molar-refractivity contribution in [2.75, 3.05) is 13.7 Å². The fourth-order valence-electron chi connectivity index (χ4n) is 3.40. The SMILES string of the molecule is COCC(C)NC(=O)c1oc2c(c1C)/C(=N/NC(=O)c1ccccc1Br)CCC2. The number of hydrogen-bond donors (Lipinski definition) is 2. The number of hydrazone groups is 1. The van der Waals surface area contributed by atoms with Crippen molar-refractivity contribution in [2.24, 2.45) is 5.10 Å². The quantitative estimate of drug-likeness (QED) is 0.642. The lowest BCUT2D eigenvalue weighted by Gasteiger charge is -2.13. The summed E-state index contributed by atoms with van der Waals surface area (Å²) < 4.78 is 11.6. The van der Waals surface area contributed by atoms with Gasteiger partial charge in [-0.2, -0.15) is 5.10 Å². The normalized spacial score (nSPS) is 15.7. The number of halogens is 1. The van der Waals surface area contributed by atoms with E-state index < -0.39 is 0 Å². The predicted molar refractivity (Wildman–Crippen MR) is 113 cm³/mol. The average Bonchev–Trinajstić information content (AvgIpc) is 3.04. The number of benzene rings is 1. The van der Waals surface area contributed by atoms with Crippen molar-refractivity contribution in [3.05, 3.63) is 56.9 Å². The van der Waals surface area contributed by atoms with Crippen LogP contribution in [0.2, 0.25) is 0 Å². The molecule has 0 bridgehead atoms. The van der Waals surface area contributed by atoms with Crippen LogP contribution in [0.25, 0.3) is 0 Å². The zero-order valence-electron chi connectivity index (χ0n) is 16.7. The maximum Gasteiger partial charge on any atom is 0.287 e. The molecule has 8 heteroatoms. The molecule has 2 N–H and O–H groups in total. The van der Waals surface area contributed by atoms with E-state index in [1.165, 1.54) is 0 Å². The first-order valence-corrected chi connectivity index (χ1v) is 10.3. The van der Waals surface area contributed by atoms with Gasteiger partial charge in [-0.05, 0) is 54.8 Å². The molecular formula is C21H24BrN3O4. The van der Waals surface area contributed by atoms with Crippen molar-refractivity contribution < 1.29 is 18.7 Å². The number of methoxy groups -OCH3 is 1. The molecule has 2 aromatic rings. The Hall–Kier alpha value is -2.45. The molecule has 1 aromatic heterocycles. The Labute approximate surface area is 178 Å². The highest BCUT2D eigenvalue weighted by molar-refractivity contribution is 9.10. The Bertz CT molecular complexity index is 951. The second-order valence-corrected chi connectivity index (χ2v) is 7.87. The Morgan fingerprint density at radius 1 is 1.28 bits per heavy atom. The number of rotatable bonds is 6. The summed E-state index contributed by atoms with van der Waals surface area (Å²) in [7, 11) is 1.59. The molecule has 7 nitrogen and oxygen atoms in total. The van der Waals surface area contributed by atoms with Gasteiger partial charge in [0.05, 0.1) is 17.9 Å². The number of nitrogens with zero attached hydrogens (tertiary/aromatic N) is 1. The van der Waals surface area contributed by atoms with E-state index in [9.17, 15) is 9.59 Å². The van der Waals surface area contributed by atoms with Crippen LogP contribution in [-0.2, 0) is 11.2 Å². The molecule has 1 unspecified atom stereocenters. The Kier molecular flexibility index (Phi) is 6.87. The Balaban J connectivity index is 1.82. The lowest BCUT2D eigenvalue weighted by molar-refractivity contribution is 0.0874. The van der Waals surface area contributed by atoms with Crippen LogP contribution in [0.5, 0.6) is 0 Å². The molecule has 1 heterocycles. The molecule has 0 saturated carbocycles. The van der Waals surface area contributed by atoms with Gasteiger partial charge in [0.2, 0.25) is 0 Å². The van der Waals surface area contributed by atoms with Crippen LogP contribution in [0.15, 0.2) is 38.3 Å². The number of nitrogens with one attached hydrogen (secondary N) is 2. The maximum absolute atomic E-state index is 12.6. The molecule has 1 aliphatic carbocycles. The molecule has 1 atom stereocenters. The minimum Gasteiger partial charge on any atom is -0.455 e. The number of aryl methyl sites for hydroxylation is 1. The van der Waals surface area contributed by atoms with E-state index in [2.05, 4.69) is 31.8 Å². The molecule has 0 radical (unpaired) electrons. The van der Waals surface area contributed by atoms with E-state index >= 15 is 0 Å². The lowest BCUT2D eigenvalue weighted by atomic mass is 9.93. The minimum atomic E-state index is -0.301. The van der Waals surface area contributed by atoms with Gasteiger partial charge in [-0.15, -0.1) is 0 Å². The van der Waals surface area contributed by atoms with Crippen LogP contribution in [0, 0.1) is 6.92 Å². The molecule has 0 saturated heterocycles. The van der Waals surface area contributed by atoms with Gasteiger partial charge in [0.1, 0.15) is 5.76 Å². The van der Waals surface area contributed by atoms with E-state index in [1.54, 1.807) is 25.3 Å². The van der Waals surface area contributed by atoms with Crippen LogP contribution in [0.1, 0.15) is 57.6 Å². The van der Waals surface area contributed by atoms with Crippen molar-refractivity contribution in [2.45, 2.75) is 39.2 Å². The number of hydrogen-bond acceptors (Lipinski definition) is 5. The zero-order valence-corrected chi connectivity index (χ0v) is 18.3. The molecule has 29 heavy (non-hydrogen) atoms. The van der Waals surface area contributed by atoms with Crippen LogP contribution < -0.4 is 10.7 Å². The predicted octanol–water partition coefficient (Wildman–Crippen LogP) is 3.59. The fraction of sp³-hybridized carbons (Fsp3) is 0.381. The number of carbonyl (C=O) groups is 2. The standard InChI is InChI=1S/C21H24BrN3O4/c1-12(11-28-3)23-21(27)19-13(2)18-16(9-6-10-17(18)29-19)24-25-20(26)14-7-4-5-8-15(14)22/h4-5,7-8,12H,6,9-11H2,1-3H3,(H,23,27)(H,25,26)/b24-16+. The van der Waals surface area contributed by atoms with E-state index in [-0.39, 0.29) is 23.6 Å². The average molecular weight is 462 g/mol. The first kappa shape index (κ1) is 21.3. The van der Waals surface area contributed by atoms with Crippen LogP contribution >= 0.6 is 15.9 Å². The maximum atomic E-state index is 12.6. The van der Waals surface area contributed by atoms with Gasteiger partial charge < -0.3 is 14.5 Å². The van der Waals surface area contributed by atoms with Gasteiger partial charge in [-0.3, -0.25) is 9.59 Å². The highest BCUT2D eigenvalue weighted by Gasteiger charge is 2.28. The van der Waals surface area contributed by atoms with Crippen molar-refractivity contribution in [1.82, 2.24) is 10.7 Å². The molecule has 1 aliphatic rings. The zero-order chi connectivity index (χ0) is 21.0. The van der Waals surface area contributed by atoms with Gasteiger partial charge in [-0.1, -0.05) is 12.1 Å². The van der Waals surface area contributed by atoms with Gasteiger partial charge in [0.25, 0.3) is 11.8 Å². The summed E-state index contributed by atoms with van der Waals surface area (Å²) >= 11 is 3.37. The van der Waals surface area contributed by atoms with E-state index in [1.807, 2.05) is 19.9 Å². The topological polar surface area (TPSA) is 92.9 Å². The third-order valence-corrected chi connectivity index (χ3v) is 5.43. The molecule has 154 valence electrons. The van der Waals surface area contributed by atoms with Crippen LogP contribution in [-0.4, -0.2) is 37.3 Å². The molecule has 2 amide bonds. The molecule has 0 aliphatic heterocycles. The highest BCUT2D eigenvalue weighted by atomic mass is 79.9. The lowest BCUT2D eigenvalue weighted by Crippen LogP contribution is -2.35. The first-order chi connectivity index (χ1) is 13.9. The molecule has 3 rings (SSSR count). The number of carbonyl (C=O) groups excluding carboxylic acids is 2. The number of ether oxygens (including phenoxy) is 1. The van der Waals surface area contributed by atoms with Crippen molar-refractivity contribution in [3.63, 3.8) is 0 Å². The molecule has 1 aromatic carbocycles. The van der Waals surface area contributed by atoms with E-state index in [0.29, 0.717) is 23.1 Å². The first-order valence-electron chi connectivity index (χ1n) is 9.46. The van der Waals surface area contributed by atoms with Crippen molar-refractivity contribution in [3.8, 4) is 0 Å². The van der Waals surface area contributed by atoms with E-state index in [4.69, 9.17) is 9.15 Å². The van der Waals surface area contributed by atoms with Gasteiger partial charge in [0, 0.05) is 35.2 Å². The molecular weight excluding hydrogens is 438 g/mol. The number of fused-ring (bicyclic) bond motifs is 1. The summed E-state index contributed by atoms with van der Waals surface area (Å²) in [5, 5.41) is 7.22. The molecule has 0 spiro atoms. The third kappa shape index (κ3) is 4.76. The largest absolute Gasteiger partial charge is 0.455 e. The smallest absolute Gasteiger partial charge is 0.287 e. The second kappa shape index (κ2) is 9.37. The van der Waals surface area contributed by atoms with Gasteiger partial charge in [-0.25, -0.2) is 5.43 Å². The van der Waals surface area contributed by atoms with Gasteiger partial charge in [0.15, 0.2) is 5.76 Å². The summed E-state index contributed by atoms with van der Waals surface area (Å²) in [6.45, 7) is 4.12.